The van der Waals surface area contributed by atoms with E-state index in [9.17, 15) is 14.7 Å². The molecule has 1 aliphatic heterocycles. The second kappa shape index (κ2) is 5.27. The summed E-state index contributed by atoms with van der Waals surface area (Å²) in [7, 11) is 1.25. The van der Waals surface area contributed by atoms with Gasteiger partial charge in [0, 0.05) is 5.56 Å². The molecule has 0 bridgehead atoms. The predicted molar refractivity (Wildman–Crippen MR) is 65.9 cm³/mol. The van der Waals surface area contributed by atoms with Crippen LogP contribution >= 0.6 is 0 Å². The second-order valence-corrected chi connectivity index (χ2v) is 4.33. The van der Waals surface area contributed by atoms with Crippen molar-refractivity contribution in [2.75, 3.05) is 13.7 Å². The van der Waals surface area contributed by atoms with Gasteiger partial charge in [0.2, 0.25) is 0 Å². The molecule has 3 N–H and O–H groups in total. The van der Waals surface area contributed by atoms with E-state index in [1.807, 2.05) is 0 Å². The molecule has 2 rings (SSSR count). The summed E-state index contributed by atoms with van der Waals surface area (Å²) in [6.45, 7) is 0.367. The number of methoxy groups -OCH3 is 1. The predicted octanol–water partition coefficient (Wildman–Crippen LogP) is 0.810. The molecule has 0 saturated heterocycles. The fraction of sp³-hybridized carbons (Fsp3) is 0.385. The Labute approximate surface area is 110 Å². The van der Waals surface area contributed by atoms with Crippen LogP contribution in [0.2, 0.25) is 0 Å². The number of esters is 1. The van der Waals surface area contributed by atoms with E-state index in [0.29, 0.717) is 29.9 Å². The van der Waals surface area contributed by atoms with Crippen LogP contribution in [-0.2, 0) is 14.3 Å². The van der Waals surface area contributed by atoms with E-state index in [2.05, 4.69) is 4.74 Å². The number of carbonyl (C=O) groups excluding carboxylic acids is 1. The van der Waals surface area contributed by atoms with E-state index in [1.165, 1.54) is 7.11 Å². The molecule has 2 atom stereocenters. The number of carbonyl (C=O) groups is 2. The zero-order valence-electron chi connectivity index (χ0n) is 10.5. The Morgan fingerprint density at radius 3 is 2.89 bits per heavy atom. The molecule has 0 amide bonds. The fourth-order valence-corrected chi connectivity index (χ4v) is 2.13. The Morgan fingerprint density at radius 2 is 2.26 bits per heavy atom. The van der Waals surface area contributed by atoms with Gasteiger partial charge in [0.05, 0.1) is 19.6 Å². The first-order valence-electron chi connectivity index (χ1n) is 5.87. The van der Waals surface area contributed by atoms with E-state index < -0.39 is 23.9 Å². The average molecular weight is 265 g/mol. The monoisotopic (exact) mass is 265 g/mol. The molecular weight excluding hydrogens is 250 g/mol. The minimum absolute atomic E-state index is 0.367. The van der Waals surface area contributed by atoms with Gasteiger partial charge < -0.3 is 20.3 Å². The highest BCUT2D eigenvalue weighted by Crippen LogP contribution is 2.35. The first-order chi connectivity index (χ1) is 9.04. The highest BCUT2D eigenvalue weighted by atomic mass is 16.5. The lowest BCUT2D eigenvalue weighted by Gasteiger charge is -2.24. The summed E-state index contributed by atoms with van der Waals surface area (Å²) in [4.78, 5) is 22.6. The highest BCUT2D eigenvalue weighted by molar-refractivity contribution is 5.80. The van der Waals surface area contributed by atoms with Crippen molar-refractivity contribution >= 4 is 11.9 Å². The molecule has 6 heteroatoms. The van der Waals surface area contributed by atoms with Gasteiger partial charge in [-0.25, -0.2) is 0 Å². The van der Waals surface area contributed by atoms with Gasteiger partial charge in [-0.1, -0.05) is 6.07 Å². The Hall–Kier alpha value is -2.08. The van der Waals surface area contributed by atoms with Crippen molar-refractivity contribution in [1.29, 1.82) is 0 Å². The molecule has 0 saturated carbocycles. The molecule has 0 radical (unpaired) electrons. The van der Waals surface area contributed by atoms with Gasteiger partial charge >= 0.3 is 11.9 Å². The number of carboxylic acids is 1. The van der Waals surface area contributed by atoms with Crippen LogP contribution < -0.4 is 10.5 Å². The first kappa shape index (κ1) is 13.4. The zero-order valence-corrected chi connectivity index (χ0v) is 10.5. The molecule has 1 heterocycles. The minimum Gasteiger partial charge on any atom is -0.493 e. The zero-order chi connectivity index (χ0) is 14.0. The van der Waals surface area contributed by atoms with Crippen LogP contribution in [0.5, 0.6) is 5.75 Å². The third-order valence-electron chi connectivity index (χ3n) is 3.19. The smallest absolute Gasteiger partial charge is 0.327 e. The molecule has 19 heavy (non-hydrogen) atoms. The van der Waals surface area contributed by atoms with Crippen LogP contribution in [0.4, 0.5) is 0 Å². The van der Waals surface area contributed by atoms with Crippen molar-refractivity contribution in [3.8, 4) is 5.75 Å². The van der Waals surface area contributed by atoms with Gasteiger partial charge in [0.1, 0.15) is 11.8 Å². The Balaban J connectivity index is 2.38. The molecule has 1 aliphatic rings. The van der Waals surface area contributed by atoms with Gasteiger partial charge in [0.25, 0.3) is 0 Å². The Kier molecular flexibility index (Phi) is 3.71. The van der Waals surface area contributed by atoms with Crippen molar-refractivity contribution in [1.82, 2.24) is 0 Å². The molecule has 1 aromatic carbocycles. The number of carboxylic acid groups (broad SMARTS) is 1. The summed E-state index contributed by atoms with van der Waals surface area (Å²) in [6, 6.07) is 3.97. The summed E-state index contributed by atoms with van der Waals surface area (Å²) in [5.74, 6) is -1.58. The number of benzene rings is 1. The highest BCUT2D eigenvalue weighted by Gasteiger charge is 2.29. The third-order valence-corrected chi connectivity index (χ3v) is 3.19. The summed E-state index contributed by atoms with van der Waals surface area (Å²) >= 11 is 0. The van der Waals surface area contributed by atoms with Crippen molar-refractivity contribution in [3.05, 3.63) is 29.3 Å². The quantitative estimate of drug-likeness (QED) is 0.785. The lowest BCUT2D eigenvalue weighted by Crippen LogP contribution is -2.25. The average Bonchev–Trinajstić information content (AvgIpc) is 2.44. The Morgan fingerprint density at radius 1 is 1.53 bits per heavy atom. The maximum absolute atomic E-state index is 11.4. The van der Waals surface area contributed by atoms with E-state index >= 15 is 0 Å². The maximum atomic E-state index is 11.4. The summed E-state index contributed by atoms with van der Waals surface area (Å²) in [6.07, 6.45) is 0.402. The largest absolute Gasteiger partial charge is 0.493 e. The normalized spacial score (nSPS) is 18.9. The van der Waals surface area contributed by atoms with Crippen LogP contribution in [0.25, 0.3) is 0 Å². The maximum Gasteiger partial charge on any atom is 0.327 e. The topological polar surface area (TPSA) is 98.9 Å². The minimum atomic E-state index is -0.924. The number of fused-ring (bicyclic) bond motifs is 1. The first-order valence-corrected chi connectivity index (χ1v) is 5.87. The lowest BCUT2D eigenvalue weighted by molar-refractivity contribution is -0.142. The molecule has 6 nitrogen and oxygen atoms in total. The van der Waals surface area contributed by atoms with Crippen molar-refractivity contribution in [3.63, 3.8) is 0 Å². The van der Waals surface area contributed by atoms with Gasteiger partial charge in [-0.3, -0.25) is 9.59 Å². The van der Waals surface area contributed by atoms with Gasteiger partial charge in [-0.15, -0.1) is 0 Å². The lowest BCUT2D eigenvalue weighted by atomic mass is 9.90. The van der Waals surface area contributed by atoms with Gasteiger partial charge in [0.15, 0.2) is 0 Å². The molecule has 2 unspecified atom stereocenters. The molecule has 1 aromatic rings. The third kappa shape index (κ3) is 2.53. The van der Waals surface area contributed by atoms with Crippen LogP contribution in [0, 0.1) is 0 Å². The number of ether oxygens (including phenoxy) is 2. The summed E-state index contributed by atoms with van der Waals surface area (Å²) < 4.78 is 9.98. The SMILES string of the molecule is COC(=O)C(N)c1ccc2c(c1)C(C(=O)O)CCO2. The number of nitrogens with two attached hydrogens (primary N) is 1. The summed E-state index contributed by atoms with van der Waals surface area (Å²) in [5, 5.41) is 9.19. The van der Waals surface area contributed by atoms with Gasteiger partial charge in [-0.2, -0.15) is 0 Å². The number of rotatable bonds is 3. The van der Waals surface area contributed by atoms with Crippen LogP contribution in [0.3, 0.4) is 0 Å². The van der Waals surface area contributed by atoms with Gasteiger partial charge in [-0.05, 0) is 24.1 Å². The van der Waals surface area contributed by atoms with Crippen LogP contribution in [-0.4, -0.2) is 30.8 Å². The standard InChI is InChI=1S/C13H15NO5/c1-18-13(17)11(14)7-2-3-10-9(6-7)8(12(15)16)4-5-19-10/h2-3,6,8,11H,4-5,14H2,1H3,(H,15,16). The molecule has 102 valence electrons. The fourth-order valence-electron chi connectivity index (χ4n) is 2.13. The molecule has 0 spiro atoms. The summed E-state index contributed by atoms with van der Waals surface area (Å²) in [5.41, 5.74) is 6.81. The number of hydrogen-bond donors (Lipinski definition) is 2. The van der Waals surface area contributed by atoms with E-state index in [-0.39, 0.29) is 0 Å². The van der Waals surface area contributed by atoms with E-state index in [4.69, 9.17) is 10.5 Å². The molecule has 0 aliphatic carbocycles. The van der Waals surface area contributed by atoms with Crippen molar-refractivity contribution < 1.29 is 24.2 Å². The van der Waals surface area contributed by atoms with E-state index in [0.717, 1.165) is 0 Å². The second-order valence-electron chi connectivity index (χ2n) is 4.33. The molecular formula is C13H15NO5. The molecule has 0 fully saturated rings. The molecule has 0 aromatic heterocycles. The number of hydrogen-bond acceptors (Lipinski definition) is 5. The Bertz CT molecular complexity index is 514. The van der Waals surface area contributed by atoms with Crippen LogP contribution in [0.1, 0.15) is 29.5 Å². The van der Waals surface area contributed by atoms with Crippen molar-refractivity contribution in [2.24, 2.45) is 5.73 Å². The van der Waals surface area contributed by atoms with Crippen LogP contribution in [0.15, 0.2) is 18.2 Å². The van der Waals surface area contributed by atoms with Crippen molar-refractivity contribution in [2.45, 2.75) is 18.4 Å². The van der Waals surface area contributed by atoms with E-state index in [1.54, 1.807) is 18.2 Å². The number of aliphatic carboxylic acids is 1.